The van der Waals surface area contributed by atoms with Gasteiger partial charge in [-0.05, 0) is 105 Å². The maximum atomic E-state index is 12.8. The number of esters is 1. The summed E-state index contributed by atoms with van der Waals surface area (Å²) in [5.74, 6) is 1.62. The molecular formula is C32H49NO7. The number of aliphatic hydroxyl groups is 1. The van der Waals surface area contributed by atoms with E-state index in [-0.39, 0.29) is 30.8 Å². The van der Waals surface area contributed by atoms with Crippen LogP contribution in [0.1, 0.15) is 82.8 Å². The smallest absolute Gasteiger partial charge is 0.482 e. The predicted molar refractivity (Wildman–Crippen MR) is 152 cm³/mol. The van der Waals surface area contributed by atoms with Crippen molar-refractivity contribution < 1.29 is 33.6 Å². The van der Waals surface area contributed by atoms with Crippen LogP contribution in [0.3, 0.4) is 0 Å². The van der Waals surface area contributed by atoms with Gasteiger partial charge in [0.2, 0.25) is 0 Å². The van der Waals surface area contributed by atoms with Gasteiger partial charge in [-0.3, -0.25) is 0 Å². The maximum Gasteiger partial charge on any atom is 0.508 e. The Hall–Kier alpha value is -2.32. The zero-order valence-electron chi connectivity index (χ0n) is 24.6. The predicted octanol–water partition coefficient (Wildman–Crippen LogP) is 5.22. The van der Waals surface area contributed by atoms with E-state index in [1.807, 2.05) is 12.1 Å². The largest absolute Gasteiger partial charge is 0.508 e. The Morgan fingerprint density at radius 3 is 2.77 bits per heavy atom. The van der Waals surface area contributed by atoms with Gasteiger partial charge in [0.05, 0.1) is 13.2 Å². The number of carbonyl (C=O) groups excluding carboxylic acids is 2. The average Bonchev–Trinajstić information content (AvgIpc) is 3.27. The third-order valence-corrected chi connectivity index (χ3v) is 9.47. The van der Waals surface area contributed by atoms with Crippen molar-refractivity contribution in [3.05, 3.63) is 29.3 Å². The van der Waals surface area contributed by atoms with E-state index in [0.717, 1.165) is 88.5 Å². The van der Waals surface area contributed by atoms with E-state index >= 15 is 0 Å². The molecule has 2 aliphatic carbocycles. The van der Waals surface area contributed by atoms with Crippen molar-refractivity contribution in [2.75, 3.05) is 26.8 Å². The number of piperidine rings is 1. The first-order valence-electron chi connectivity index (χ1n) is 15.5. The molecule has 8 heteroatoms. The fourth-order valence-electron chi connectivity index (χ4n) is 7.17. The summed E-state index contributed by atoms with van der Waals surface area (Å²) in [5, 5.41) is 14.5. The van der Waals surface area contributed by atoms with Gasteiger partial charge >= 0.3 is 12.1 Å². The van der Waals surface area contributed by atoms with Crippen LogP contribution in [-0.4, -0.2) is 62.3 Å². The Balaban J connectivity index is 1.36. The van der Waals surface area contributed by atoms with Crippen molar-refractivity contribution in [3.8, 4) is 5.75 Å². The van der Waals surface area contributed by atoms with Crippen LogP contribution in [0.5, 0.6) is 5.75 Å². The molecule has 1 unspecified atom stereocenters. The highest BCUT2D eigenvalue weighted by atomic mass is 16.7. The molecule has 0 spiro atoms. The molecule has 4 rings (SSSR count). The van der Waals surface area contributed by atoms with Crippen LogP contribution < -0.4 is 10.1 Å². The molecule has 224 valence electrons. The molecule has 1 aromatic carbocycles. The second-order valence-electron chi connectivity index (χ2n) is 11.9. The molecular weight excluding hydrogens is 510 g/mol. The number of methoxy groups -OCH3 is 1. The molecule has 0 radical (unpaired) electrons. The van der Waals surface area contributed by atoms with E-state index in [1.165, 1.54) is 12.7 Å². The van der Waals surface area contributed by atoms with Gasteiger partial charge in [-0.2, -0.15) is 0 Å². The number of carbonyl (C=O) groups is 2. The Morgan fingerprint density at radius 1 is 1.15 bits per heavy atom. The first kappa shape index (κ1) is 30.6. The van der Waals surface area contributed by atoms with E-state index in [4.69, 9.17) is 18.9 Å². The highest BCUT2D eigenvalue weighted by Gasteiger charge is 2.45. The molecule has 0 bridgehead atoms. The van der Waals surface area contributed by atoms with Crippen LogP contribution in [0.2, 0.25) is 0 Å². The first-order chi connectivity index (χ1) is 19.4. The van der Waals surface area contributed by atoms with Gasteiger partial charge in [0.25, 0.3) is 0 Å². The monoisotopic (exact) mass is 559 g/mol. The van der Waals surface area contributed by atoms with Gasteiger partial charge in [0.1, 0.15) is 18.0 Å². The maximum absolute atomic E-state index is 12.8. The van der Waals surface area contributed by atoms with Crippen molar-refractivity contribution in [1.82, 2.24) is 5.32 Å². The van der Waals surface area contributed by atoms with Gasteiger partial charge in [0.15, 0.2) is 6.61 Å². The summed E-state index contributed by atoms with van der Waals surface area (Å²) in [6.07, 6.45) is 8.83. The highest BCUT2D eigenvalue weighted by Crippen LogP contribution is 2.48. The molecule has 0 amide bonds. The summed E-state index contributed by atoms with van der Waals surface area (Å²) in [7, 11) is 1.36. The number of fused-ring (bicyclic) bond motifs is 2. The van der Waals surface area contributed by atoms with Crippen LogP contribution in [-0.2, 0) is 31.8 Å². The quantitative estimate of drug-likeness (QED) is 0.250. The van der Waals surface area contributed by atoms with Crippen LogP contribution >= 0.6 is 0 Å². The molecule has 0 aromatic heterocycles. The lowest BCUT2D eigenvalue weighted by atomic mass is 9.73. The summed E-state index contributed by atoms with van der Waals surface area (Å²) in [6.45, 7) is 5.86. The molecule has 2 N–H and O–H groups in total. The molecule has 1 heterocycles. The normalized spacial score (nSPS) is 28.2. The van der Waals surface area contributed by atoms with Crippen molar-refractivity contribution >= 4 is 12.1 Å². The lowest BCUT2D eigenvalue weighted by Gasteiger charge is -2.33. The summed E-state index contributed by atoms with van der Waals surface area (Å²) < 4.78 is 22.2. The average molecular weight is 560 g/mol. The molecule has 8 nitrogen and oxygen atoms in total. The molecule has 1 aliphatic heterocycles. The molecule has 1 aromatic rings. The van der Waals surface area contributed by atoms with Crippen LogP contribution in [0.15, 0.2) is 18.2 Å². The minimum atomic E-state index is -0.551. The number of benzene rings is 1. The van der Waals surface area contributed by atoms with Gasteiger partial charge < -0.3 is 29.4 Å². The lowest BCUT2D eigenvalue weighted by Crippen LogP contribution is -2.43. The van der Waals surface area contributed by atoms with Crippen LogP contribution in [0.4, 0.5) is 4.79 Å². The number of rotatable bonds is 13. The van der Waals surface area contributed by atoms with Crippen molar-refractivity contribution in [2.45, 2.75) is 103 Å². The number of unbranched alkanes of at least 4 members (excludes halogenated alkanes) is 2. The van der Waals surface area contributed by atoms with Gasteiger partial charge in [-0.1, -0.05) is 38.8 Å². The Morgan fingerprint density at radius 2 is 2.00 bits per heavy atom. The summed E-state index contributed by atoms with van der Waals surface area (Å²) in [5.41, 5.74) is 2.38. The van der Waals surface area contributed by atoms with E-state index < -0.39 is 12.1 Å². The minimum absolute atomic E-state index is 0.107. The molecule has 2 fully saturated rings. The third-order valence-electron chi connectivity index (χ3n) is 9.47. The summed E-state index contributed by atoms with van der Waals surface area (Å²) in [6, 6.07) is 6.02. The van der Waals surface area contributed by atoms with Crippen molar-refractivity contribution in [1.29, 1.82) is 0 Å². The first-order valence-corrected chi connectivity index (χ1v) is 15.5. The Labute approximate surface area is 239 Å². The molecule has 40 heavy (non-hydrogen) atoms. The standard InChI is InChI=1S/C32H49NO7/c1-4-6-7-10-24(39-32(36)40-30-19-33-15-14-21(30)5-2)12-13-25-26-16-22-9-8-11-29(38-20-31(35)37-3)27(22)17-23(26)18-28(25)34/h8-9,11,21,23-26,28,30,33-34H,4-7,10,12-20H2,1-3H3/t21?,23-,24-,25+,26-,28+,30+/m0/s1. The van der Waals surface area contributed by atoms with Crippen molar-refractivity contribution in [3.63, 3.8) is 0 Å². The summed E-state index contributed by atoms with van der Waals surface area (Å²) in [4.78, 5) is 24.4. The van der Waals surface area contributed by atoms with Crippen molar-refractivity contribution in [2.24, 2.45) is 23.7 Å². The van der Waals surface area contributed by atoms with E-state index in [2.05, 4.69) is 25.2 Å². The van der Waals surface area contributed by atoms with Gasteiger partial charge in [-0.25, -0.2) is 9.59 Å². The van der Waals surface area contributed by atoms with Crippen LogP contribution in [0, 0.1) is 23.7 Å². The summed E-state index contributed by atoms with van der Waals surface area (Å²) >= 11 is 0. The second kappa shape index (κ2) is 15.1. The molecule has 1 saturated carbocycles. The van der Waals surface area contributed by atoms with Crippen LogP contribution in [0.25, 0.3) is 0 Å². The van der Waals surface area contributed by atoms with Gasteiger partial charge in [-0.15, -0.1) is 0 Å². The lowest BCUT2D eigenvalue weighted by molar-refractivity contribution is -0.142. The number of aliphatic hydroxyl groups excluding tert-OH is 1. The van der Waals surface area contributed by atoms with Gasteiger partial charge in [0, 0.05) is 6.54 Å². The zero-order valence-corrected chi connectivity index (χ0v) is 24.6. The third kappa shape index (κ3) is 7.90. The van der Waals surface area contributed by atoms with E-state index in [9.17, 15) is 14.7 Å². The number of hydrogen-bond acceptors (Lipinski definition) is 8. The topological polar surface area (TPSA) is 103 Å². The molecule has 1 saturated heterocycles. The highest BCUT2D eigenvalue weighted by molar-refractivity contribution is 5.71. The number of ether oxygens (including phenoxy) is 4. The fourth-order valence-corrected chi connectivity index (χ4v) is 7.17. The number of hydrogen-bond donors (Lipinski definition) is 2. The van der Waals surface area contributed by atoms with E-state index in [1.54, 1.807) is 0 Å². The minimum Gasteiger partial charge on any atom is -0.482 e. The second-order valence-corrected chi connectivity index (χ2v) is 11.9. The Bertz CT molecular complexity index is 969. The fraction of sp³-hybridized carbons (Fsp3) is 0.750. The molecule has 7 atom stereocenters. The zero-order chi connectivity index (χ0) is 28.5. The Kier molecular flexibility index (Phi) is 11.5. The van der Waals surface area contributed by atoms with E-state index in [0.29, 0.717) is 24.3 Å². The SMILES string of the molecule is CCCCC[C@@H](CC[C@@H]1[C@H]2Cc3cccc(OCC(=O)OC)c3C[C@H]2C[C@H]1O)OC(=O)O[C@@H]1CNCCC1CC. The number of nitrogens with one attached hydrogen (secondary N) is 1. The molecule has 3 aliphatic rings.